The molecule has 34 heavy (non-hydrogen) atoms. The molecule has 1 aromatic rings. The fourth-order valence-electron chi connectivity index (χ4n) is 4.36. The predicted molar refractivity (Wildman–Crippen MR) is 127 cm³/mol. The summed E-state index contributed by atoms with van der Waals surface area (Å²) in [6.45, 7) is 1.47. The van der Waals surface area contributed by atoms with Gasteiger partial charge in [-0.05, 0) is 47.7 Å². The van der Waals surface area contributed by atoms with Crippen molar-refractivity contribution in [2.45, 2.75) is 25.8 Å². The van der Waals surface area contributed by atoms with Gasteiger partial charge in [0.2, 0.25) is 27.6 Å². The summed E-state index contributed by atoms with van der Waals surface area (Å²) in [7, 11) is 1.16. The minimum atomic E-state index is -3.53. The highest BCUT2D eigenvalue weighted by molar-refractivity contribution is 7.91. The van der Waals surface area contributed by atoms with Crippen LogP contribution in [0.25, 0.3) is 22.5 Å². The van der Waals surface area contributed by atoms with E-state index in [1.165, 1.54) is 6.92 Å². The van der Waals surface area contributed by atoms with Crippen LogP contribution in [0.2, 0.25) is 0 Å². The van der Waals surface area contributed by atoms with E-state index >= 15 is 0 Å². The first-order valence-electron chi connectivity index (χ1n) is 10.5. The number of fused-ring (bicyclic) bond motifs is 4. The normalized spacial score (nSPS) is 15.0. The molecule has 180 valence electrons. The van der Waals surface area contributed by atoms with Crippen LogP contribution in [-0.4, -0.2) is 51.9 Å². The maximum atomic E-state index is 12.1. The first-order valence-corrected chi connectivity index (χ1v) is 12.4. The number of amides is 1. The number of imidazole rings is 1. The molecule has 10 nitrogen and oxygen atoms in total. The van der Waals surface area contributed by atoms with Crippen LogP contribution >= 0.6 is 0 Å². The van der Waals surface area contributed by atoms with Gasteiger partial charge >= 0.3 is 0 Å². The first kappa shape index (κ1) is 23.6. The van der Waals surface area contributed by atoms with Crippen LogP contribution in [0.4, 0.5) is 5.95 Å². The Labute approximate surface area is 198 Å². The van der Waals surface area contributed by atoms with Gasteiger partial charge in [-0.1, -0.05) is 6.07 Å². The summed E-state index contributed by atoms with van der Waals surface area (Å²) in [5.74, 6) is 1.37. The lowest BCUT2D eigenvalue weighted by atomic mass is 9.95. The van der Waals surface area contributed by atoms with Gasteiger partial charge in [0.15, 0.2) is 11.5 Å². The molecule has 3 aliphatic rings. The van der Waals surface area contributed by atoms with E-state index in [1.807, 2.05) is 18.2 Å². The van der Waals surface area contributed by atoms with Crippen molar-refractivity contribution >= 4 is 21.9 Å². The number of ether oxygens (including phenoxy) is 3. The van der Waals surface area contributed by atoms with Gasteiger partial charge in [0.25, 0.3) is 0 Å². The molecular formula is C23H26N4O6S. The standard InChI is InChI=1S/C23H26N4O6S/c1-12(28)24-16-8-6-13-10-19(31-2)21(32-3)22(33-4)20(13)14-7-9-17-18(11-15(14)16)26-23(25-17)27-34(5,29)30/h7,9-11,16H,6,8H2,1-5H3,(H,24,28)(H,25,26,27). The molecule has 1 aliphatic heterocycles. The molecule has 0 fully saturated rings. The highest BCUT2D eigenvalue weighted by Crippen LogP contribution is 2.50. The van der Waals surface area contributed by atoms with Crippen LogP contribution < -0.4 is 24.2 Å². The minimum Gasteiger partial charge on any atom is -0.493 e. The number of sulfonamides is 1. The Balaban J connectivity index is 2.02. The fourth-order valence-corrected chi connectivity index (χ4v) is 4.78. The van der Waals surface area contributed by atoms with Crippen LogP contribution in [-0.2, 0) is 21.2 Å². The van der Waals surface area contributed by atoms with Gasteiger partial charge in [-0.3, -0.25) is 9.52 Å². The first-order chi connectivity index (χ1) is 16.1. The molecule has 2 N–H and O–H groups in total. The van der Waals surface area contributed by atoms with Crippen molar-refractivity contribution in [1.29, 1.82) is 0 Å². The molecule has 4 rings (SSSR count). The van der Waals surface area contributed by atoms with Crippen molar-refractivity contribution in [3.63, 3.8) is 0 Å². The van der Waals surface area contributed by atoms with Gasteiger partial charge in [0.1, 0.15) is 0 Å². The number of nitrogens with one attached hydrogen (secondary N) is 2. The predicted octanol–water partition coefficient (Wildman–Crippen LogP) is 2.77. The van der Waals surface area contributed by atoms with Crippen LogP contribution in [0, 0.1) is 0 Å². The largest absolute Gasteiger partial charge is 0.493 e. The molecule has 0 aromatic heterocycles. The van der Waals surface area contributed by atoms with E-state index in [1.54, 1.807) is 27.4 Å². The number of aromatic nitrogens is 2. The molecule has 0 saturated heterocycles. The number of carbonyl (C=O) groups excluding carboxylic acids is 1. The third kappa shape index (κ3) is 4.43. The summed E-state index contributed by atoms with van der Waals surface area (Å²) in [4.78, 5) is 20.7. The quantitative estimate of drug-likeness (QED) is 0.544. The molecule has 11 heteroatoms. The number of hydrogen-bond donors (Lipinski definition) is 2. The number of carbonyl (C=O) groups is 1. The second-order valence-electron chi connectivity index (χ2n) is 8.01. The Hall–Kier alpha value is -3.60. The van der Waals surface area contributed by atoms with Gasteiger partial charge in [-0.2, -0.15) is 0 Å². The average Bonchev–Trinajstić information content (AvgIpc) is 2.96. The van der Waals surface area contributed by atoms with Crippen molar-refractivity contribution in [2.24, 2.45) is 0 Å². The summed E-state index contributed by atoms with van der Waals surface area (Å²) in [6.07, 6.45) is 2.30. The van der Waals surface area contributed by atoms with E-state index in [2.05, 4.69) is 20.0 Å². The number of hydrogen-bond acceptors (Lipinski definition) is 8. The zero-order valence-electron chi connectivity index (χ0n) is 19.6. The van der Waals surface area contributed by atoms with Crippen LogP contribution in [0.1, 0.15) is 30.5 Å². The van der Waals surface area contributed by atoms with E-state index in [9.17, 15) is 13.2 Å². The van der Waals surface area contributed by atoms with E-state index < -0.39 is 10.0 Å². The topological polar surface area (TPSA) is 129 Å². The number of nitrogens with zero attached hydrogens (tertiary/aromatic N) is 2. The molecule has 0 saturated carbocycles. The average molecular weight is 487 g/mol. The van der Waals surface area contributed by atoms with E-state index in [-0.39, 0.29) is 17.9 Å². The Morgan fingerprint density at radius 3 is 2.35 bits per heavy atom. The molecule has 2 aliphatic carbocycles. The number of aryl methyl sites for hydroxylation is 1. The number of anilines is 1. The second-order valence-corrected chi connectivity index (χ2v) is 9.76. The van der Waals surface area contributed by atoms with Crippen molar-refractivity contribution in [3.8, 4) is 39.8 Å². The zero-order chi connectivity index (χ0) is 24.6. The van der Waals surface area contributed by atoms with E-state index in [0.29, 0.717) is 41.5 Å². The number of methoxy groups -OCH3 is 3. The molecule has 0 radical (unpaired) electrons. The van der Waals surface area contributed by atoms with Gasteiger partial charge in [-0.25, -0.2) is 18.4 Å². The van der Waals surface area contributed by atoms with E-state index in [4.69, 9.17) is 14.2 Å². The molecule has 0 bridgehead atoms. The third-order valence-corrected chi connectivity index (χ3v) is 6.19. The molecule has 1 unspecified atom stereocenters. The highest BCUT2D eigenvalue weighted by atomic mass is 32.2. The summed E-state index contributed by atoms with van der Waals surface area (Å²) < 4.78 is 42.5. The summed E-state index contributed by atoms with van der Waals surface area (Å²) in [5, 5.41) is 3.03. The highest BCUT2D eigenvalue weighted by Gasteiger charge is 2.30. The van der Waals surface area contributed by atoms with Gasteiger partial charge in [0.05, 0.1) is 45.0 Å². The van der Waals surface area contributed by atoms with Crippen molar-refractivity contribution in [1.82, 2.24) is 15.3 Å². The Bertz CT molecular complexity index is 1340. The SMILES string of the molecule is COc1cc2c(c(OC)c1OC)-c1ccc3nc(NS(C)(=O)=O)nc-3cc1C(NC(C)=O)CC2. The lowest BCUT2D eigenvalue weighted by Gasteiger charge is -2.19. The van der Waals surface area contributed by atoms with Gasteiger partial charge < -0.3 is 19.5 Å². The van der Waals surface area contributed by atoms with Crippen molar-refractivity contribution in [3.05, 3.63) is 35.4 Å². The molecule has 1 heterocycles. The van der Waals surface area contributed by atoms with Gasteiger partial charge in [0, 0.05) is 12.5 Å². The molecule has 0 spiro atoms. The maximum absolute atomic E-state index is 12.1. The smallest absolute Gasteiger partial charge is 0.237 e. The molecule has 1 amide bonds. The number of benzene rings is 1. The second kappa shape index (κ2) is 8.98. The third-order valence-electron chi connectivity index (χ3n) is 5.64. The van der Waals surface area contributed by atoms with Crippen LogP contribution in [0.5, 0.6) is 17.2 Å². The van der Waals surface area contributed by atoms with Crippen LogP contribution in [0.15, 0.2) is 24.3 Å². The lowest BCUT2D eigenvalue weighted by molar-refractivity contribution is -0.119. The minimum absolute atomic E-state index is 0.00784. The summed E-state index contributed by atoms with van der Waals surface area (Å²) >= 11 is 0. The monoisotopic (exact) mass is 486 g/mol. The maximum Gasteiger partial charge on any atom is 0.237 e. The van der Waals surface area contributed by atoms with Crippen molar-refractivity contribution in [2.75, 3.05) is 32.3 Å². The zero-order valence-corrected chi connectivity index (χ0v) is 20.4. The Morgan fingerprint density at radius 2 is 1.74 bits per heavy atom. The summed E-state index contributed by atoms with van der Waals surface area (Å²) in [5.41, 5.74) is 4.43. The Morgan fingerprint density at radius 1 is 1.03 bits per heavy atom. The van der Waals surface area contributed by atoms with E-state index in [0.717, 1.165) is 28.5 Å². The fraction of sp³-hybridized carbons (Fsp3) is 0.348. The molecule has 1 aromatic carbocycles. The number of rotatable bonds is 6. The van der Waals surface area contributed by atoms with Gasteiger partial charge in [-0.15, -0.1) is 0 Å². The lowest BCUT2D eigenvalue weighted by Crippen LogP contribution is -2.26. The Kier molecular flexibility index (Phi) is 6.22. The molecular weight excluding hydrogens is 460 g/mol. The van der Waals surface area contributed by atoms with Crippen molar-refractivity contribution < 1.29 is 27.4 Å². The summed E-state index contributed by atoms with van der Waals surface area (Å²) in [6, 6.07) is 7.08. The molecule has 1 atom stereocenters. The van der Waals surface area contributed by atoms with Crippen LogP contribution in [0.3, 0.4) is 0 Å².